The number of rotatable bonds is 2. The van der Waals surface area contributed by atoms with Crippen LogP contribution in [0.1, 0.15) is 50.8 Å². The fourth-order valence-electron chi connectivity index (χ4n) is 4.64. The Morgan fingerprint density at radius 1 is 1.36 bits per heavy atom. The van der Waals surface area contributed by atoms with Crippen LogP contribution >= 0.6 is 0 Å². The molecule has 25 heavy (non-hydrogen) atoms. The van der Waals surface area contributed by atoms with E-state index in [1.807, 2.05) is 6.20 Å². The Kier molecular flexibility index (Phi) is 5.79. The molecule has 2 saturated heterocycles. The molecule has 6 nitrogen and oxygen atoms in total. The first kappa shape index (κ1) is 18.4. The van der Waals surface area contributed by atoms with Crippen molar-refractivity contribution in [2.24, 2.45) is 12.5 Å². The zero-order chi connectivity index (χ0) is 17.9. The molecule has 1 aliphatic carbocycles. The van der Waals surface area contributed by atoms with Gasteiger partial charge in [0.15, 0.2) is 0 Å². The number of piperidine rings is 1. The molecule has 6 heteroatoms. The van der Waals surface area contributed by atoms with Gasteiger partial charge in [-0.1, -0.05) is 0 Å². The maximum Gasteiger partial charge on any atom is 0.302 e. The number of ether oxygens (including phenoxy) is 1. The highest BCUT2D eigenvalue weighted by molar-refractivity contribution is 5.65. The molecule has 0 aromatic carbocycles. The number of hydrogen-bond acceptors (Lipinski definition) is 5. The van der Waals surface area contributed by atoms with Crippen molar-refractivity contribution in [1.82, 2.24) is 19.8 Å². The van der Waals surface area contributed by atoms with Crippen LogP contribution in [0.5, 0.6) is 0 Å². The number of nitrogens with zero attached hydrogens (tertiary/aromatic N) is 3. The summed E-state index contributed by atoms with van der Waals surface area (Å²) < 4.78 is 6.31. The number of aryl methyl sites for hydroxylation is 1. The van der Waals surface area contributed by atoms with Crippen molar-refractivity contribution >= 4 is 5.97 Å². The van der Waals surface area contributed by atoms with Gasteiger partial charge in [0.05, 0.1) is 7.11 Å². The Hall–Kier alpha value is -1.40. The Morgan fingerprint density at radius 2 is 2.04 bits per heavy atom. The minimum absolute atomic E-state index is 0.245. The maximum atomic E-state index is 9.59. The predicted octanol–water partition coefficient (Wildman–Crippen LogP) is 1.92. The number of carbonyl (C=O) groups excluding carboxylic acids is 1. The first-order chi connectivity index (χ1) is 12.0. The fourth-order valence-corrected chi connectivity index (χ4v) is 4.64. The summed E-state index contributed by atoms with van der Waals surface area (Å²) in [4.78, 5) is 16.9. The molecule has 2 aliphatic heterocycles. The molecule has 0 atom stereocenters. The quantitative estimate of drug-likeness (QED) is 0.828. The van der Waals surface area contributed by atoms with Gasteiger partial charge in [-0.2, -0.15) is 0 Å². The number of hydrogen-bond donors (Lipinski definition) is 1. The van der Waals surface area contributed by atoms with Gasteiger partial charge in [0.2, 0.25) is 0 Å². The summed E-state index contributed by atoms with van der Waals surface area (Å²) >= 11 is 0. The highest BCUT2D eigenvalue weighted by atomic mass is 16.5. The Bertz CT molecular complexity index is 564. The number of imidazole rings is 1. The van der Waals surface area contributed by atoms with Gasteiger partial charge in [-0.3, -0.25) is 4.79 Å². The van der Waals surface area contributed by atoms with E-state index in [1.54, 1.807) is 0 Å². The lowest BCUT2D eigenvalue weighted by Crippen LogP contribution is -2.53. The topological polar surface area (TPSA) is 59.4 Å². The lowest BCUT2D eigenvalue weighted by Gasteiger charge is -2.51. The van der Waals surface area contributed by atoms with Crippen LogP contribution in [0, 0.1) is 5.41 Å². The first-order valence-electron chi connectivity index (χ1n) is 9.49. The maximum absolute atomic E-state index is 9.59. The lowest BCUT2D eigenvalue weighted by atomic mass is 9.64. The van der Waals surface area contributed by atoms with E-state index in [0.717, 1.165) is 6.04 Å². The Labute approximate surface area is 150 Å². The van der Waals surface area contributed by atoms with E-state index in [1.165, 1.54) is 78.1 Å². The molecule has 1 aromatic rings. The van der Waals surface area contributed by atoms with Gasteiger partial charge in [0.25, 0.3) is 0 Å². The molecule has 0 amide bonds. The van der Waals surface area contributed by atoms with Gasteiger partial charge in [-0.25, -0.2) is 4.98 Å². The lowest BCUT2D eigenvalue weighted by molar-refractivity contribution is -0.137. The van der Waals surface area contributed by atoms with Crippen LogP contribution in [0.3, 0.4) is 0 Å². The largest absolute Gasteiger partial charge is 0.469 e. The summed E-state index contributed by atoms with van der Waals surface area (Å²) in [6.07, 6.45) is 10.9. The van der Waals surface area contributed by atoms with E-state index in [2.05, 4.69) is 37.7 Å². The third kappa shape index (κ3) is 4.23. The van der Waals surface area contributed by atoms with Crippen molar-refractivity contribution in [2.45, 2.75) is 51.0 Å². The number of carbonyl (C=O) groups is 1. The van der Waals surface area contributed by atoms with Crippen molar-refractivity contribution in [3.05, 3.63) is 18.2 Å². The Morgan fingerprint density at radius 3 is 2.52 bits per heavy atom. The molecule has 1 N–H and O–H groups in total. The van der Waals surface area contributed by atoms with Crippen molar-refractivity contribution in [3.63, 3.8) is 0 Å². The van der Waals surface area contributed by atoms with Crippen molar-refractivity contribution in [1.29, 1.82) is 0 Å². The number of esters is 1. The van der Waals surface area contributed by atoms with Gasteiger partial charge in [-0.15, -0.1) is 0 Å². The van der Waals surface area contributed by atoms with E-state index in [-0.39, 0.29) is 5.97 Å². The smallest absolute Gasteiger partial charge is 0.302 e. The van der Waals surface area contributed by atoms with E-state index in [0.29, 0.717) is 11.3 Å². The summed E-state index contributed by atoms with van der Waals surface area (Å²) in [6.45, 7) is 6.42. The van der Waals surface area contributed by atoms with Gasteiger partial charge in [-0.05, 0) is 57.2 Å². The fraction of sp³-hybridized carbons (Fsp3) is 0.789. The van der Waals surface area contributed by atoms with Crippen LogP contribution in [0.15, 0.2) is 12.4 Å². The number of likely N-dealkylation sites (tertiary alicyclic amines) is 1. The summed E-state index contributed by atoms with van der Waals surface area (Å²) in [5.74, 6) is 1.72. The molecule has 140 valence electrons. The highest BCUT2D eigenvalue weighted by Gasteiger charge is 2.48. The molecule has 1 aromatic heterocycles. The summed E-state index contributed by atoms with van der Waals surface area (Å²) in [6, 6.07) is 0.872. The van der Waals surface area contributed by atoms with Crippen LogP contribution in [0.4, 0.5) is 0 Å². The van der Waals surface area contributed by atoms with Crippen LogP contribution in [0.2, 0.25) is 0 Å². The first-order valence-corrected chi connectivity index (χ1v) is 9.49. The molecule has 0 bridgehead atoms. The molecule has 0 unspecified atom stereocenters. The molecule has 1 saturated carbocycles. The molecule has 3 fully saturated rings. The van der Waals surface area contributed by atoms with Gasteiger partial charge >= 0.3 is 5.97 Å². The van der Waals surface area contributed by atoms with Crippen molar-refractivity contribution in [3.8, 4) is 0 Å². The Balaban J connectivity index is 0.000000324. The highest BCUT2D eigenvalue weighted by Crippen LogP contribution is 2.48. The van der Waals surface area contributed by atoms with Crippen LogP contribution in [-0.4, -0.2) is 59.8 Å². The molecule has 3 aliphatic rings. The average molecular weight is 348 g/mol. The molecule has 1 spiro atoms. The monoisotopic (exact) mass is 348 g/mol. The van der Waals surface area contributed by atoms with Gasteiger partial charge < -0.3 is 19.5 Å². The third-order valence-electron chi connectivity index (χ3n) is 6.23. The number of nitrogens with one attached hydrogen (secondary N) is 1. The van der Waals surface area contributed by atoms with E-state index in [9.17, 15) is 4.79 Å². The zero-order valence-corrected chi connectivity index (χ0v) is 15.8. The summed E-state index contributed by atoms with van der Waals surface area (Å²) in [5.41, 5.74) is 0.682. The van der Waals surface area contributed by atoms with Gasteiger partial charge in [0, 0.05) is 44.9 Å². The zero-order valence-electron chi connectivity index (χ0n) is 15.8. The minimum atomic E-state index is -0.245. The van der Waals surface area contributed by atoms with Crippen molar-refractivity contribution < 1.29 is 9.53 Å². The normalized spacial score (nSPS) is 29.8. The third-order valence-corrected chi connectivity index (χ3v) is 6.23. The van der Waals surface area contributed by atoms with Crippen LogP contribution in [-0.2, 0) is 16.6 Å². The van der Waals surface area contributed by atoms with E-state index in [4.69, 9.17) is 0 Å². The molecule has 4 rings (SSSR count). The summed E-state index contributed by atoms with van der Waals surface area (Å²) in [7, 11) is 3.47. The SMILES string of the molecule is COC(C)=O.Cn1ccnc1C1CCN(C2CC3(CCNC3)C2)CC1. The van der Waals surface area contributed by atoms with Crippen molar-refractivity contribution in [2.75, 3.05) is 33.3 Å². The second-order valence-corrected chi connectivity index (χ2v) is 7.89. The summed E-state index contributed by atoms with van der Waals surface area (Å²) in [5, 5.41) is 3.54. The number of methoxy groups -OCH3 is 1. The standard InChI is InChI=1S/C16H26N4.C3H6O2/c1-19-9-6-18-15(19)13-2-7-20(8-3-13)14-10-16(11-14)4-5-17-12-16;1-3(4)5-2/h6,9,13-14,17H,2-5,7-8,10-12H2,1H3;1-2H3. The van der Waals surface area contributed by atoms with Crippen LogP contribution < -0.4 is 5.32 Å². The number of aromatic nitrogens is 2. The molecule has 3 heterocycles. The second-order valence-electron chi connectivity index (χ2n) is 7.89. The van der Waals surface area contributed by atoms with E-state index >= 15 is 0 Å². The predicted molar refractivity (Wildman–Crippen MR) is 97.4 cm³/mol. The molecule has 0 radical (unpaired) electrons. The molecular formula is C19H32N4O2. The van der Waals surface area contributed by atoms with Gasteiger partial charge in [0.1, 0.15) is 5.82 Å². The average Bonchev–Trinajstić information content (AvgIpc) is 3.23. The minimum Gasteiger partial charge on any atom is -0.469 e. The molecular weight excluding hydrogens is 316 g/mol. The van der Waals surface area contributed by atoms with Crippen LogP contribution in [0.25, 0.3) is 0 Å². The van der Waals surface area contributed by atoms with E-state index < -0.39 is 0 Å². The second kappa shape index (κ2) is 7.87.